The van der Waals surface area contributed by atoms with Crippen LogP contribution in [0.5, 0.6) is 0 Å². The van der Waals surface area contributed by atoms with E-state index in [9.17, 15) is 9.59 Å². The van der Waals surface area contributed by atoms with Crippen LogP contribution in [0.3, 0.4) is 0 Å². The summed E-state index contributed by atoms with van der Waals surface area (Å²) in [6, 6.07) is 0.238. The monoisotopic (exact) mass is 385 g/mol. The quantitative estimate of drug-likeness (QED) is 0.749. The number of aromatic nitrogens is 4. The lowest BCUT2D eigenvalue weighted by atomic mass is 10.2. The Balaban J connectivity index is 1.60. The van der Waals surface area contributed by atoms with Crippen molar-refractivity contribution in [2.75, 3.05) is 0 Å². The van der Waals surface area contributed by atoms with E-state index in [2.05, 4.69) is 17.3 Å². The number of aryl methyl sites for hydroxylation is 2. The predicted molar refractivity (Wildman–Crippen MR) is 104 cm³/mol. The van der Waals surface area contributed by atoms with Gasteiger partial charge in [0, 0.05) is 16.8 Å². The van der Waals surface area contributed by atoms with Crippen molar-refractivity contribution in [1.82, 2.24) is 24.5 Å². The molecule has 3 heterocycles. The first-order valence-corrected chi connectivity index (χ1v) is 10.5. The van der Waals surface area contributed by atoms with Crippen molar-refractivity contribution in [2.45, 2.75) is 70.9 Å². The molecule has 0 unspecified atom stereocenters. The van der Waals surface area contributed by atoms with Gasteiger partial charge in [-0.15, -0.1) is 16.4 Å². The van der Waals surface area contributed by atoms with E-state index in [1.54, 1.807) is 15.7 Å². The van der Waals surface area contributed by atoms with E-state index in [4.69, 9.17) is 4.98 Å². The number of carbonyl (C=O) groups is 1. The normalized spacial score (nSPS) is 18.0. The molecule has 7 nitrogen and oxygen atoms in total. The lowest BCUT2D eigenvalue weighted by Gasteiger charge is -2.11. The maximum absolute atomic E-state index is 13.1. The largest absolute Gasteiger partial charge is 0.352 e. The first-order valence-electron chi connectivity index (χ1n) is 9.71. The molecule has 142 valence electrons. The molecule has 0 atom stereocenters. The highest BCUT2D eigenvalue weighted by atomic mass is 32.1. The van der Waals surface area contributed by atoms with Crippen LogP contribution < -0.4 is 11.0 Å². The molecule has 2 aliphatic carbocycles. The number of amides is 1. The van der Waals surface area contributed by atoms with Crippen molar-refractivity contribution in [2.24, 2.45) is 0 Å². The van der Waals surface area contributed by atoms with Crippen LogP contribution >= 0.6 is 11.3 Å². The lowest BCUT2D eigenvalue weighted by Crippen LogP contribution is -2.37. The van der Waals surface area contributed by atoms with Crippen LogP contribution in [0.25, 0.3) is 15.9 Å². The average Bonchev–Trinajstić information content (AvgIpc) is 3.17. The smallest absolute Gasteiger partial charge is 0.352 e. The summed E-state index contributed by atoms with van der Waals surface area (Å²) in [6.07, 6.45) is 6.47. The summed E-state index contributed by atoms with van der Waals surface area (Å²) in [6.45, 7) is 4.08. The van der Waals surface area contributed by atoms with Gasteiger partial charge in [0.15, 0.2) is 5.65 Å². The topological polar surface area (TPSA) is 81.3 Å². The van der Waals surface area contributed by atoms with Gasteiger partial charge in [-0.1, -0.05) is 12.8 Å². The number of nitrogens with zero attached hydrogens (tertiary/aromatic N) is 4. The van der Waals surface area contributed by atoms with Crippen LogP contribution in [-0.4, -0.2) is 31.1 Å². The Hall–Kier alpha value is -2.22. The molecule has 1 amide bonds. The van der Waals surface area contributed by atoms with Gasteiger partial charge in [-0.3, -0.25) is 4.79 Å². The molecule has 0 radical (unpaired) electrons. The molecule has 0 saturated heterocycles. The number of hydrogen-bond acceptors (Lipinski definition) is 5. The zero-order chi connectivity index (χ0) is 18.7. The molecule has 3 aromatic rings. The number of rotatable bonds is 4. The van der Waals surface area contributed by atoms with E-state index in [0.29, 0.717) is 11.6 Å². The Morgan fingerprint density at radius 2 is 1.96 bits per heavy atom. The van der Waals surface area contributed by atoms with E-state index in [0.717, 1.165) is 60.1 Å². The standard InChI is InChI=1S/C19H23N5O2S/c1-10-11(2)27-18-15(10)17-22-23(9-14(25)20-13-5-3-4-6-13)19(26)24(17)16(21-18)12-7-8-12/h12-13H,3-9H2,1-2H3,(H,20,25). The second kappa shape index (κ2) is 6.15. The molecule has 5 rings (SSSR count). The van der Waals surface area contributed by atoms with Gasteiger partial charge in [-0.25, -0.2) is 18.9 Å². The highest BCUT2D eigenvalue weighted by molar-refractivity contribution is 7.18. The molecular formula is C19H23N5O2S. The minimum absolute atomic E-state index is 0.0369. The zero-order valence-electron chi connectivity index (χ0n) is 15.6. The molecule has 2 aliphatic rings. The van der Waals surface area contributed by atoms with Gasteiger partial charge < -0.3 is 5.32 Å². The molecule has 8 heteroatoms. The van der Waals surface area contributed by atoms with Gasteiger partial charge in [0.05, 0.1) is 5.39 Å². The van der Waals surface area contributed by atoms with E-state index in [1.807, 2.05) is 6.92 Å². The molecule has 1 N–H and O–H groups in total. The van der Waals surface area contributed by atoms with Crippen LogP contribution in [0.2, 0.25) is 0 Å². The molecule has 27 heavy (non-hydrogen) atoms. The number of nitrogens with one attached hydrogen (secondary N) is 1. The highest BCUT2D eigenvalue weighted by Crippen LogP contribution is 2.41. The Bertz CT molecular complexity index is 1110. The summed E-state index contributed by atoms with van der Waals surface area (Å²) in [5, 5.41) is 8.55. The number of fused-ring (bicyclic) bond motifs is 3. The van der Waals surface area contributed by atoms with E-state index in [-0.39, 0.29) is 24.2 Å². The van der Waals surface area contributed by atoms with Gasteiger partial charge >= 0.3 is 5.69 Å². The van der Waals surface area contributed by atoms with Gasteiger partial charge in [0.2, 0.25) is 5.91 Å². The van der Waals surface area contributed by atoms with E-state index < -0.39 is 0 Å². The second-order valence-electron chi connectivity index (χ2n) is 7.86. The van der Waals surface area contributed by atoms with Gasteiger partial charge in [-0.05, 0) is 45.1 Å². The van der Waals surface area contributed by atoms with E-state index >= 15 is 0 Å². The maximum atomic E-state index is 13.1. The van der Waals surface area contributed by atoms with Crippen LogP contribution in [0.1, 0.15) is 60.7 Å². The van der Waals surface area contributed by atoms with Crippen molar-refractivity contribution >= 4 is 33.1 Å². The van der Waals surface area contributed by atoms with Gasteiger partial charge in [0.1, 0.15) is 17.2 Å². The molecule has 3 aromatic heterocycles. The maximum Gasteiger partial charge on any atom is 0.352 e. The molecular weight excluding hydrogens is 362 g/mol. The van der Waals surface area contributed by atoms with Crippen molar-refractivity contribution in [3.63, 3.8) is 0 Å². The van der Waals surface area contributed by atoms with Gasteiger partial charge in [-0.2, -0.15) is 0 Å². The van der Waals surface area contributed by atoms with Gasteiger partial charge in [0.25, 0.3) is 0 Å². The van der Waals surface area contributed by atoms with Crippen molar-refractivity contribution < 1.29 is 4.79 Å². The molecule has 0 spiro atoms. The SMILES string of the molecule is Cc1sc2nc(C3CC3)n3c(=O)n(CC(=O)NC4CCCC4)nc3c2c1C. The molecule has 0 aliphatic heterocycles. The summed E-state index contributed by atoms with van der Waals surface area (Å²) < 4.78 is 2.95. The van der Waals surface area contributed by atoms with Crippen molar-refractivity contribution in [3.8, 4) is 0 Å². The Kier molecular flexibility index (Phi) is 3.86. The second-order valence-corrected chi connectivity index (χ2v) is 9.06. The van der Waals surface area contributed by atoms with Crippen LogP contribution in [0.15, 0.2) is 4.79 Å². The minimum Gasteiger partial charge on any atom is -0.352 e. The lowest BCUT2D eigenvalue weighted by molar-refractivity contribution is -0.122. The van der Waals surface area contributed by atoms with Crippen LogP contribution in [0.4, 0.5) is 0 Å². The first kappa shape index (κ1) is 16.9. The molecule has 2 fully saturated rings. The predicted octanol–water partition coefficient (Wildman–Crippen LogP) is 2.66. The Morgan fingerprint density at radius 1 is 1.22 bits per heavy atom. The average molecular weight is 385 g/mol. The first-order chi connectivity index (χ1) is 13.0. The van der Waals surface area contributed by atoms with Crippen molar-refractivity contribution in [1.29, 1.82) is 0 Å². The Morgan fingerprint density at radius 3 is 2.67 bits per heavy atom. The van der Waals surface area contributed by atoms with E-state index in [1.165, 1.54) is 9.56 Å². The molecule has 0 aromatic carbocycles. The zero-order valence-corrected chi connectivity index (χ0v) is 16.4. The third-order valence-corrected chi connectivity index (χ3v) is 6.93. The number of hydrogen-bond donors (Lipinski definition) is 1. The fraction of sp³-hybridized carbons (Fsp3) is 0.579. The third-order valence-electron chi connectivity index (χ3n) is 5.83. The van der Waals surface area contributed by atoms with Crippen LogP contribution in [0, 0.1) is 13.8 Å². The summed E-state index contributed by atoms with van der Waals surface area (Å²) >= 11 is 1.65. The highest BCUT2D eigenvalue weighted by Gasteiger charge is 2.31. The fourth-order valence-electron chi connectivity index (χ4n) is 4.08. The minimum atomic E-state index is -0.258. The number of thiophene rings is 1. The summed E-state index contributed by atoms with van der Waals surface area (Å²) in [5.41, 5.74) is 1.50. The van der Waals surface area contributed by atoms with Crippen molar-refractivity contribution in [3.05, 3.63) is 26.7 Å². The molecule has 0 bridgehead atoms. The summed E-state index contributed by atoms with van der Waals surface area (Å²) in [4.78, 5) is 32.4. The summed E-state index contributed by atoms with van der Waals surface area (Å²) in [7, 11) is 0. The summed E-state index contributed by atoms with van der Waals surface area (Å²) in [5.74, 6) is 0.983. The third kappa shape index (κ3) is 2.77. The molecule has 2 saturated carbocycles. The Labute approximate surface area is 160 Å². The fourth-order valence-corrected chi connectivity index (χ4v) is 5.11. The number of carbonyl (C=O) groups excluding carboxylic acids is 1. The van der Waals surface area contributed by atoms with Crippen LogP contribution in [-0.2, 0) is 11.3 Å².